The van der Waals surface area contributed by atoms with Gasteiger partial charge in [0, 0.05) is 30.2 Å². The first-order chi connectivity index (χ1) is 13.0. The molecule has 0 radical (unpaired) electrons. The highest BCUT2D eigenvalue weighted by molar-refractivity contribution is 6.07. The van der Waals surface area contributed by atoms with Gasteiger partial charge in [0.1, 0.15) is 11.1 Å². The van der Waals surface area contributed by atoms with Crippen molar-refractivity contribution in [2.45, 2.75) is 20.8 Å². The Labute approximate surface area is 158 Å². The molecule has 0 aliphatic carbocycles. The second-order valence-electron chi connectivity index (χ2n) is 6.45. The van der Waals surface area contributed by atoms with Crippen molar-refractivity contribution in [3.05, 3.63) is 81.7 Å². The van der Waals surface area contributed by atoms with Gasteiger partial charge in [0.15, 0.2) is 5.78 Å². The fraction of sp³-hybridized carbons (Fsp3) is 0.217. The molecule has 0 fully saturated rings. The molecule has 0 amide bonds. The lowest BCUT2D eigenvalue weighted by Gasteiger charge is -2.20. The summed E-state index contributed by atoms with van der Waals surface area (Å²) in [5.41, 5.74) is 2.97. The molecule has 3 rings (SSSR count). The number of fused-ring (bicyclic) bond motifs is 1. The number of rotatable bonds is 6. The number of allylic oxidation sites excluding steroid dienone is 1. The predicted molar refractivity (Wildman–Crippen MR) is 111 cm³/mol. The Morgan fingerprint density at radius 1 is 1.04 bits per heavy atom. The van der Waals surface area contributed by atoms with Crippen LogP contribution >= 0.6 is 0 Å². The summed E-state index contributed by atoms with van der Waals surface area (Å²) in [7, 11) is 0. The van der Waals surface area contributed by atoms with Crippen molar-refractivity contribution < 1.29 is 9.21 Å². The molecule has 2 aromatic carbocycles. The minimum Gasteiger partial charge on any atom is -0.422 e. The molecule has 0 spiro atoms. The summed E-state index contributed by atoms with van der Waals surface area (Å²) in [4.78, 5) is 26.9. The largest absolute Gasteiger partial charge is 0.422 e. The van der Waals surface area contributed by atoms with Gasteiger partial charge >= 0.3 is 5.63 Å². The van der Waals surface area contributed by atoms with E-state index in [2.05, 4.69) is 18.7 Å². The second kappa shape index (κ2) is 8.04. The molecular formula is C23H23NO3. The summed E-state index contributed by atoms with van der Waals surface area (Å²) in [6, 6.07) is 15.1. The number of carbonyl (C=O) groups excluding carboxylic acids is 1. The lowest BCUT2D eigenvalue weighted by molar-refractivity contribution is 0.104. The van der Waals surface area contributed by atoms with Gasteiger partial charge in [-0.05, 0) is 50.6 Å². The van der Waals surface area contributed by atoms with Crippen LogP contribution in [-0.4, -0.2) is 18.9 Å². The SMILES string of the molecule is CCN(CC)c1ccc2cc(C(=O)C=Cc3ccc(C)cc3)c(=O)oc2c1. The van der Waals surface area contributed by atoms with Crippen LogP contribution in [0.1, 0.15) is 35.3 Å². The summed E-state index contributed by atoms with van der Waals surface area (Å²) >= 11 is 0. The lowest BCUT2D eigenvalue weighted by Crippen LogP contribution is -2.21. The molecule has 0 saturated heterocycles. The number of aryl methyl sites for hydroxylation is 1. The van der Waals surface area contributed by atoms with E-state index >= 15 is 0 Å². The van der Waals surface area contributed by atoms with Crippen molar-refractivity contribution in [2.24, 2.45) is 0 Å². The van der Waals surface area contributed by atoms with Gasteiger partial charge in [0.25, 0.3) is 0 Å². The van der Waals surface area contributed by atoms with Gasteiger partial charge in [0.2, 0.25) is 0 Å². The van der Waals surface area contributed by atoms with E-state index in [1.165, 1.54) is 6.08 Å². The number of hydrogen-bond acceptors (Lipinski definition) is 4. The van der Waals surface area contributed by atoms with Gasteiger partial charge in [-0.1, -0.05) is 35.9 Å². The Morgan fingerprint density at radius 3 is 2.41 bits per heavy atom. The first kappa shape index (κ1) is 18.6. The van der Waals surface area contributed by atoms with Crippen LogP contribution in [0.2, 0.25) is 0 Å². The van der Waals surface area contributed by atoms with E-state index in [4.69, 9.17) is 4.42 Å². The Kier molecular flexibility index (Phi) is 5.55. The monoisotopic (exact) mass is 361 g/mol. The third-order valence-electron chi connectivity index (χ3n) is 4.62. The van der Waals surface area contributed by atoms with Gasteiger partial charge in [-0.25, -0.2) is 4.79 Å². The minimum atomic E-state index is -0.613. The molecule has 3 aromatic rings. The molecule has 0 atom stereocenters. The van der Waals surface area contributed by atoms with Crippen LogP contribution in [0.3, 0.4) is 0 Å². The maximum Gasteiger partial charge on any atom is 0.347 e. The van der Waals surface area contributed by atoms with Gasteiger partial charge < -0.3 is 9.32 Å². The third-order valence-corrected chi connectivity index (χ3v) is 4.62. The zero-order valence-corrected chi connectivity index (χ0v) is 15.9. The maximum atomic E-state index is 12.5. The van der Waals surface area contributed by atoms with Crippen LogP contribution < -0.4 is 10.5 Å². The Morgan fingerprint density at radius 2 is 1.74 bits per heavy atom. The van der Waals surface area contributed by atoms with E-state index in [1.807, 2.05) is 49.4 Å². The normalized spacial score (nSPS) is 11.2. The summed E-state index contributed by atoms with van der Waals surface area (Å²) in [6.07, 6.45) is 3.11. The smallest absolute Gasteiger partial charge is 0.347 e. The Balaban J connectivity index is 1.91. The summed E-state index contributed by atoms with van der Waals surface area (Å²) < 4.78 is 5.42. The minimum absolute atomic E-state index is 0.0430. The van der Waals surface area contributed by atoms with E-state index in [-0.39, 0.29) is 11.3 Å². The molecular weight excluding hydrogens is 338 g/mol. The molecule has 138 valence electrons. The Bertz CT molecular complexity index is 1040. The van der Waals surface area contributed by atoms with Crippen molar-refractivity contribution in [1.82, 2.24) is 0 Å². The lowest BCUT2D eigenvalue weighted by atomic mass is 10.1. The van der Waals surface area contributed by atoms with Gasteiger partial charge in [-0.15, -0.1) is 0 Å². The highest BCUT2D eigenvalue weighted by Crippen LogP contribution is 2.22. The quantitative estimate of drug-likeness (QED) is 0.358. The van der Waals surface area contributed by atoms with E-state index < -0.39 is 5.63 Å². The van der Waals surface area contributed by atoms with Gasteiger partial charge in [-0.2, -0.15) is 0 Å². The number of anilines is 1. The highest BCUT2D eigenvalue weighted by Gasteiger charge is 2.12. The zero-order valence-electron chi connectivity index (χ0n) is 15.9. The van der Waals surface area contributed by atoms with Crippen LogP contribution in [0.5, 0.6) is 0 Å². The van der Waals surface area contributed by atoms with E-state index in [0.717, 1.165) is 35.3 Å². The van der Waals surface area contributed by atoms with E-state index in [9.17, 15) is 9.59 Å². The fourth-order valence-electron chi connectivity index (χ4n) is 3.00. The van der Waals surface area contributed by atoms with Gasteiger partial charge in [-0.3, -0.25) is 4.79 Å². The van der Waals surface area contributed by atoms with Crippen molar-refractivity contribution in [2.75, 3.05) is 18.0 Å². The number of nitrogens with zero attached hydrogens (tertiary/aromatic N) is 1. The average Bonchev–Trinajstić information content (AvgIpc) is 2.67. The molecule has 1 aromatic heterocycles. The van der Waals surface area contributed by atoms with Gasteiger partial charge in [0.05, 0.1) is 0 Å². The summed E-state index contributed by atoms with van der Waals surface area (Å²) in [6.45, 7) is 7.89. The van der Waals surface area contributed by atoms with Crippen LogP contribution in [0.15, 0.2) is 63.8 Å². The molecule has 4 nitrogen and oxygen atoms in total. The first-order valence-corrected chi connectivity index (χ1v) is 9.13. The molecule has 0 bridgehead atoms. The molecule has 0 aliphatic heterocycles. The molecule has 0 aliphatic rings. The molecule has 0 N–H and O–H groups in total. The second-order valence-corrected chi connectivity index (χ2v) is 6.45. The number of ketones is 1. The fourth-order valence-corrected chi connectivity index (χ4v) is 3.00. The molecule has 4 heteroatoms. The van der Waals surface area contributed by atoms with Crippen molar-refractivity contribution in [3.8, 4) is 0 Å². The van der Waals surface area contributed by atoms with Crippen LogP contribution in [-0.2, 0) is 0 Å². The summed E-state index contributed by atoms with van der Waals surface area (Å²) in [5, 5.41) is 0.734. The highest BCUT2D eigenvalue weighted by atomic mass is 16.4. The molecule has 0 saturated carbocycles. The number of carbonyl (C=O) groups is 1. The maximum absolute atomic E-state index is 12.5. The molecule has 27 heavy (non-hydrogen) atoms. The Hall–Kier alpha value is -3.14. The third kappa shape index (κ3) is 4.17. The number of benzene rings is 2. The van der Waals surface area contributed by atoms with Crippen LogP contribution in [0.25, 0.3) is 17.0 Å². The van der Waals surface area contributed by atoms with E-state index in [1.54, 1.807) is 12.1 Å². The van der Waals surface area contributed by atoms with Crippen LogP contribution in [0, 0.1) is 6.92 Å². The standard InChI is InChI=1S/C23H23NO3/c1-4-24(5-2)19-12-11-18-14-20(23(26)27-22(18)15-19)21(25)13-10-17-8-6-16(3)7-9-17/h6-15H,4-5H2,1-3H3. The predicted octanol–water partition coefficient (Wildman–Crippen LogP) is 4.84. The average molecular weight is 361 g/mol. The zero-order chi connectivity index (χ0) is 19.4. The van der Waals surface area contributed by atoms with Crippen LogP contribution in [0.4, 0.5) is 5.69 Å². The summed E-state index contributed by atoms with van der Waals surface area (Å²) in [5.74, 6) is -0.362. The first-order valence-electron chi connectivity index (χ1n) is 9.13. The van der Waals surface area contributed by atoms with Crippen molar-refractivity contribution in [3.63, 3.8) is 0 Å². The number of hydrogen-bond donors (Lipinski definition) is 0. The topological polar surface area (TPSA) is 50.5 Å². The van der Waals surface area contributed by atoms with Crippen molar-refractivity contribution in [1.29, 1.82) is 0 Å². The van der Waals surface area contributed by atoms with E-state index in [0.29, 0.717) is 5.58 Å². The molecule has 1 heterocycles. The van der Waals surface area contributed by atoms with Crippen molar-refractivity contribution >= 4 is 28.5 Å². The molecule has 0 unspecified atom stereocenters.